The van der Waals surface area contributed by atoms with Crippen molar-refractivity contribution in [3.05, 3.63) is 132 Å². The van der Waals surface area contributed by atoms with Crippen molar-refractivity contribution in [3.63, 3.8) is 0 Å². The molecular formula is C31H21ClN2O. The van der Waals surface area contributed by atoms with E-state index >= 15 is 0 Å². The smallest absolute Gasteiger partial charge is 0.255 e. The average Bonchev–Trinajstić information content (AvgIpc) is 3.25. The zero-order valence-corrected chi connectivity index (χ0v) is 19.5. The number of carbonyl (C=O) groups excluding carboxylic acids is 1. The molecule has 4 heteroatoms. The summed E-state index contributed by atoms with van der Waals surface area (Å²) < 4.78 is 2.28. The number of amides is 1. The standard InChI is InChI=1S/C31H21ClN2O/c32-26-18-9-17-24(30(26)33-31(35)21-11-3-1-4-12-21)23-16-10-20-28-29(23)25-15-7-8-19-27(25)34(28)22-13-5-2-6-14-22/h1-20H,(H,33,35). The van der Waals surface area contributed by atoms with Crippen molar-refractivity contribution in [1.82, 2.24) is 4.57 Å². The Balaban J connectivity index is 1.60. The molecule has 1 aromatic heterocycles. The molecule has 6 aromatic rings. The fraction of sp³-hybridized carbons (Fsp3) is 0. The van der Waals surface area contributed by atoms with Crippen molar-refractivity contribution in [2.45, 2.75) is 0 Å². The number of hydrogen-bond acceptors (Lipinski definition) is 1. The number of carbonyl (C=O) groups is 1. The number of hydrogen-bond donors (Lipinski definition) is 1. The van der Waals surface area contributed by atoms with Crippen LogP contribution in [0, 0.1) is 0 Å². The van der Waals surface area contributed by atoms with E-state index in [1.54, 1.807) is 18.2 Å². The Hall–Kier alpha value is -4.34. The third kappa shape index (κ3) is 3.67. The van der Waals surface area contributed by atoms with Gasteiger partial charge in [0, 0.05) is 27.6 Å². The topological polar surface area (TPSA) is 34.0 Å². The first kappa shape index (κ1) is 21.2. The predicted molar refractivity (Wildman–Crippen MR) is 146 cm³/mol. The summed E-state index contributed by atoms with van der Waals surface area (Å²) in [4.78, 5) is 13.0. The number of aromatic nitrogens is 1. The van der Waals surface area contributed by atoms with Gasteiger partial charge < -0.3 is 9.88 Å². The van der Waals surface area contributed by atoms with Crippen molar-refractivity contribution in [2.24, 2.45) is 0 Å². The third-order valence-electron chi connectivity index (χ3n) is 6.29. The lowest BCUT2D eigenvalue weighted by atomic mass is 9.97. The van der Waals surface area contributed by atoms with E-state index in [0.29, 0.717) is 16.3 Å². The Morgan fingerprint density at radius 1 is 0.629 bits per heavy atom. The summed E-state index contributed by atoms with van der Waals surface area (Å²) >= 11 is 6.66. The van der Waals surface area contributed by atoms with Crippen LogP contribution < -0.4 is 5.32 Å². The van der Waals surface area contributed by atoms with Gasteiger partial charge in [0.25, 0.3) is 5.91 Å². The highest BCUT2D eigenvalue weighted by Crippen LogP contribution is 2.42. The van der Waals surface area contributed by atoms with Gasteiger partial charge in [-0.05, 0) is 48.0 Å². The van der Waals surface area contributed by atoms with Crippen molar-refractivity contribution in [2.75, 3.05) is 5.32 Å². The summed E-state index contributed by atoms with van der Waals surface area (Å²) in [5.74, 6) is -0.196. The lowest BCUT2D eigenvalue weighted by Gasteiger charge is -2.15. The monoisotopic (exact) mass is 472 g/mol. The van der Waals surface area contributed by atoms with Crippen LogP contribution in [-0.4, -0.2) is 10.5 Å². The largest absolute Gasteiger partial charge is 0.320 e. The summed E-state index contributed by atoms with van der Waals surface area (Å²) in [5.41, 5.74) is 6.39. The molecular weight excluding hydrogens is 452 g/mol. The molecule has 0 bridgehead atoms. The fourth-order valence-electron chi connectivity index (χ4n) is 4.75. The number of benzene rings is 5. The maximum absolute atomic E-state index is 13.0. The van der Waals surface area contributed by atoms with Crippen LogP contribution in [0.15, 0.2) is 121 Å². The molecule has 168 valence electrons. The first-order valence-corrected chi connectivity index (χ1v) is 11.8. The number of nitrogens with one attached hydrogen (secondary N) is 1. The Kier molecular flexibility index (Phi) is 5.32. The minimum absolute atomic E-state index is 0.196. The van der Waals surface area contributed by atoms with Gasteiger partial charge in [0.2, 0.25) is 0 Å². The highest BCUT2D eigenvalue weighted by Gasteiger charge is 2.19. The number of fused-ring (bicyclic) bond motifs is 3. The minimum atomic E-state index is -0.196. The van der Waals surface area contributed by atoms with Crippen molar-refractivity contribution in [3.8, 4) is 16.8 Å². The molecule has 0 aliphatic rings. The Bertz CT molecular complexity index is 1690. The Labute approximate surface area is 208 Å². The minimum Gasteiger partial charge on any atom is -0.320 e. The molecule has 0 aliphatic heterocycles. The van der Waals surface area contributed by atoms with Gasteiger partial charge in [0.15, 0.2) is 0 Å². The predicted octanol–water partition coefficient (Wildman–Crippen LogP) is 8.36. The van der Waals surface area contributed by atoms with Gasteiger partial charge >= 0.3 is 0 Å². The molecule has 1 heterocycles. The molecule has 0 radical (unpaired) electrons. The second-order valence-electron chi connectivity index (χ2n) is 8.37. The van der Waals surface area contributed by atoms with E-state index in [1.807, 2.05) is 48.5 Å². The van der Waals surface area contributed by atoms with E-state index in [1.165, 1.54) is 0 Å². The SMILES string of the molecule is O=C(Nc1c(Cl)cccc1-c1cccc2c1c1ccccc1n2-c1ccccc1)c1ccccc1. The third-order valence-corrected chi connectivity index (χ3v) is 6.61. The summed E-state index contributed by atoms with van der Waals surface area (Å²) in [6, 6.07) is 40.0. The van der Waals surface area contributed by atoms with Gasteiger partial charge in [-0.1, -0.05) is 90.5 Å². The average molecular weight is 473 g/mol. The summed E-state index contributed by atoms with van der Waals surface area (Å²) in [7, 11) is 0. The molecule has 0 atom stereocenters. The molecule has 1 N–H and O–H groups in total. The molecule has 6 rings (SSSR count). The Morgan fingerprint density at radius 2 is 1.26 bits per heavy atom. The van der Waals surface area contributed by atoms with Gasteiger partial charge in [0.1, 0.15) is 0 Å². The number of anilines is 1. The first-order valence-electron chi connectivity index (χ1n) is 11.5. The van der Waals surface area contributed by atoms with Gasteiger partial charge in [-0.2, -0.15) is 0 Å². The van der Waals surface area contributed by atoms with E-state index in [2.05, 4.69) is 64.5 Å². The van der Waals surface area contributed by atoms with Crippen LogP contribution >= 0.6 is 11.6 Å². The maximum atomic E-state index is 13.0. The number of halogens is 1. The van der Waals surface area contributed by atoms with Crippen LogP contribution in [0.5, 0.6) is 0 Å². The summed E-state index contributed by atoms with van der Waals surface area (Å²) in [6.07, 6.45) is 0. The van der Waals surface area contributed by atoms with Crippen LogP contribution in [0.3, 0.4) is 0 Å². The van der Waals surface area contributed by atoms with Crippen molar-refractivity contribution >= 4 is 45.0 Å². The van der Waals surface area contributed by atoms with Gasteiger partial charge in [-0.3, -0.25) is 4.79 Å². The second kappa shape index (κ2) is 8.79. The number of rotatable bonds is 4. The quantitative estimate of drug-likeness (QED) is 0.275. The van der Waals surface area contributed by atoms with E-state index in [-0.39, 0.29) is 5.91 Å². The molecule has 0 unspecified atom stereocenters. The zero-order chi connectivity index (χ0) is 23.8. The number of nitrogens with zero attached hydrogens (tertiary/aromatic N) is 1. The zero-order valence-electron chi connectivity index (χ0n) is 18.8. The molecule has 0 fully saturated rings. The molecule has 3 nitrogen and oxygen atoms in total. The van der Waals surface area contributed by atoms with Crippen LogP contribution in [0.4, 0.5) is 5.69 Å². The first-order chi connectivity index (χ1) is 17.2. The summed E-state index contributed by atoms with van der Waals surface area (Å²) in [6.45, 7) is 0. The molecule has 0 spiro atoms. The van der Waals surface area contributed by atoms with Crippen molar-refractivity contribution < 1.29 is 4.79 Å². The molecule has 0 aliphatic carbocycles. The normalized spacial score (nSPS) is 11.1. The molecule has 1 amide bonds. The maximum Gasteiger partial charge on any atom is 0.255 e. The molecule has 0 saturated heterocycles. The summed E-state index contributed by atoms with van der Waals surface area (Å²) in [5, 5.41) is 5.82. The second-order valence-corrected chi connectivity index (χ2v) is 8.78. The van der Waals surface area contributed by atoms with Gasteiger partial charge in [-0.25, -0.2) is 0 Å². The van der Waals surface area contributed by atoms with Gasteiger partial charge in [0.05, 0.1) is 21.7 Å². The van der Waals surface area contributed by atoms with Crippen LogP contribution in [0.1, 0.15) is 10.4 Å². The van der Waals surface area contributed by atoms with E-state index in [0.717, 1.165) is 38.6 Å². The van der Waals surface area contributed by atoms with E-state index in [4.69, 9.17) is 11.6 Å². The lowest BCUT2D eigenvalue weighted by Crippen LogP contribution is -2.12. The van der Waals surface area contributed by atoms with Crippen LogP contribution in [-0.2, 0) is 0 Å². The lowest BCUT2D eigenvalue weighted by molar-refractivity contribution is 0.102. The van der Waals surface area contributed by atoms with Crippen LogP contribution in [0.25, 0.3) is 38.6 Å². The highest BCUT2D eigenvalue weighted by atomic mass is 35.5. The van der Waals surface area contributed by atoms with E-state index in [9.17, 15) is 4.79 Å². The molecule has 5 aromatic carbocycles. The Morgan fingerprint density at radius 3 is 2.06 bits per heavy atom. The molecule has 0 saturated carbocycles. The molecule has 35 heavy (non-hydrogen) atoms. The number of para-hydroxylation sites is 3. The van der Waals surface area contributed by atoms with E-state index < -0.39 is 0 Å². The van der Waals surface area contributed by atoms with Crippen LogP contribution in [0.2, 0.25) is 5.02 Å². The van der Waals surface area contributed by atoms with Gasteiger partial charge in [-0.15, -0.1) is 0 Å². The fourth-order valence-corrected chi connectivity index (χ4v) is 4.97. The highest BCUT2D eigenvalue weighted by molar-refractivity contribution is 6.35. The van der Waals surface area contributed by atoms with Crippen molar-refractivity contribution in [1.29, 1.82) is 0 Å².